The van der Waals surface area contributed by atoms with Crippen LogP contribution in [0.15, 0.2) is 23.3 Å². The summed E-state index contributed by atoms with van der Waals surface area (Å²) >= 11 is 1.88. The van der Waals surface area contributed by atoms with Crippen LogP contribution in [0.1, 0.15) is 24.2 Å². The van der Waals surface area contributed by atoms with Crippen LogP contribution in [0, 0.1) is 0 Å². The highest BCUT2D eigenvalue weighted by Crippen LogP contribution is 2.25. The van der Waals surface area contributed by atoms with Crippen LogP contribution in [-0.2, 0) is 0 Å². The Kier molecular flexibility index (Phi) is 3.57. The molecule has 0 saturated carbocycles. The van der Waals surface area contributed by atoms with Crippen molar-refractivity contribution in [2.75, 3.05) is 13.1 Å². The zero-order valence-electron chi connectivity index (χ0n) is 9.97. The van der Waals surface area contributed by atoms with Gasteiger partial charge in [-0.05, 0) is 0 Å². The molecule has 1 aromatic rings. The van der Waals surface area contributed by atoms with Crippen molar-refractivity contribution in [3.63, 3.8) is 0 Å². The topological polar surface area (TPSA) is 53.2 Å². The normalized spacial score (nSPS) is 24.7. The summed E-state index contributed by atoms with van der Waals surface area (Å²) in [4.78, 5) is 28.4. The molecular weight excluding hydrogens is 236 g/mol. The predicted octanol–water partition coefficient (Wildman–Crippen LogP) is 1.34. The number of nitrogens with zero attached hydrogens (tertiary/aromatic N) is 1. The van der Waals surface area contributed by atoms with Gasteiger partial charge in [-0.25, -0.2) is 0 Å². The van der Waals surface area contributed by atoms with E-state index in [1.54, 1.807) is 4.90 Å². The van der Waals surface area contributed by atoms with Gasteiger partial charge in [-0.1, -0.05) is 13.8 Å². The van der Waals surface area contributed by atoms with Gasteiger partial charge >= 0.3 is 0 Å². The first-order valence-electron chi connectivity index (χ1n) is 5.69. The van der Waals surface area contributed by atoms with E-state index in [-0.39, 0.29) is 16.9 Å². The van der Waals surface area contributed by atoms with Gasteiger partial charge in [-0.2, -0.15) is 11.8 Å². The minimum Gasteiger partial charge on any atom is -0.367 e. The fourth-order valence-electron chi connectivity index (χ4n) is 2.10. The number of aromatic amines is 1. The number of amides is 1. The van der Waals surface area contributed by atoms with Gasteiger partial charge in [0.25, 0.3) is 5.91 Å². The Bertz CT molecular complexity index is 462. The lowest BCUT2D eigenvalue weighted by atomic mass is 10.2. The number of H-pyrrole nitrogens is 1. The van der Waals surface area contributed by atoms with E-state index in [0.717, 1.165) is 0 Å². The van der Waals surface area contributed by atoms with Gasteiger partial charge in [0, 0.05) is 42.0 Å². The van der Waals surface area contributed by atoms with Crippen LogP contribution in [0.5, 0.6) is 0 Å². The molecular formula is C12H16N2O2S. The lowest BCUT2D eigenvalue weighted by Gasteiger charge is -2.34. The Morgan fingerprint density at radius 3 is 2.65 bits per heavy atom. The number of hydrogen-bond acceptors (Lipinski definition) is 3. The number of thioether (sulfide) groups is 1. The molecule has 0 aliphatic carbocycles. The average molecular weight is 252 g/mol. The summed E-state index contributed by atoms with van der Waals surface area (Å²) in [7, 11) is 0. The van der Waals surface area contributed by atoms with Crippen LogP contribution >= 0.6 is 11.8 Å². The van der Waals surface area contributed by atoms with Crippen LogP contribution in [0.3, 0.4) is 0 Å². The molecule has 1 aliphatic rings. The summed E-state index contributed by atoms with van der Waals surface area (Å²) < 4.78 is 0. The molecule has 2 rings (SSSR count). The molecule has 1 N–H and O–H groups in total. The third kappa shape index (κ3) is 2.72. The molecule has 92 valence electrons. The molecule has 2 unspecified atom stereocenters. The SMILES string of the molecule is CC1CN(C(=O)c2c[nH]ccc2=O)CC(C)S1. The van der Waals surface area contributed by atoms with E-state index in [9.17, 15) is 9.59 Å². The summed E-state index contributed by atoms with van der Waals surface area (Å²) in [5.41, 5.74) is 0.0195. The molecule has 1 aromatic heterocycles. The minimum atomic E-state index is -0.215. The molecule has 0 aromatic carbocycles. The maximum absolute atomic E-state index is 12.2. The van der Waals surface area contributed by atoms with E-state index in [0.29, 0.717) is 23.6 Å². The van der Waals surface area contributed by atoms with Crippen LogP contribution < -0.4 is 5.43 Å². The quantitative estimate of drug-likeness (QED) is 0.820. The molecule has 0 bridgehead atoms. The second-order valence-electron chi connectivity index (χ2n) is 4.39. The molecule has 0 spiro atoms. The molecule has 4 nitrogen and oxygen atoms in total. The lowest BCUT2D eigenvalue weighted by Crippen LogP contribution is -2.45. The summed E-state index contributed by atoms with van der Waals surface area (Å²) in [5, 5.41) is 0.844. The van der Waals surface area contributed by atoms with Crippen LogP contribution in [0.2, 0.25) is 0 Å². The van der Waals surface area contributed by atoms with Gasteiger partial charge in [0.05, 0.1) is 0 Å². The number of carbonyl (C=O) groups excluding carboxylic acids is 1. The highest BCUT2D eigenvalue weighted by atomic mass is 32.2. The second-order valence-corrected chi connectivity index (χ2v) is 6.27. The predicted molar refractivity (Wildman–Crippen MR) is 69.5 cm³/mol. The molecule has 1 aliphatic heterocycles. The van der Waals surface area contributed by atoms with Crippen molar-refractivity contribution >= 4 is 17.7 Å². The Morgan fingerprint density at radius 1 is 1.41 bits per heavy atom. The van der Waals surface area contributed by atoms with E-state index in [1.165, 1.54) is 18.5 Å². The smallest absolute Gasteiger partial charge is 0.259 e. The van der Waals surface area contributed by atoms with Crippen molar-refractivity contribution < 1.29 is 4.79 Å². The largest absolute Gasteiger partial charge is 0.367 e. The van der Waals surface area contributed by atoms with Gasteiger partial charge in [-0.15, -0.1) is 0 Å². The monoisotopic (exact) mass is 252 g/mol. The number of carbonyl (C=O) groups is 1. The number of rotatable bonds is 1. The van der Waals surface area contributed by atoms with Crippen molar-refractivity contribution in [1.82, 2.24) is 9.88 Å². The summed E-state index contributed by atoms with van der Waals surface area (Å²) in [6.07, 6.45) is 3.03. The van der Waals surface area contributed by atoms with Crippen molar-refractivity contribution in [3.05, 3.63) is 34.2 Å². The van der Waals surface area contributed by atoms with Gasteiger partial charge in [-0.3, -0.25) is 9.59 Å². The maximum Gasteiger partial charge on any atom is 0.259 e. The number of aromatic nitrogens is 1. The van der Waals surface area contributed by atoms with E-state index in [4.69, 9.17) is 0 Å². The first-order chi connectivity index (χ1) is 8.08. The summed E-state index contributed by atoms with van der Waals surface area (Å²) in [5.74, 6) is -0.161. The number of nitrogens with one attached hydrogen (secondary N) is 1. The fourth-order valence-corrected chi connectivity index (χ4v) is 3.42. The maximum atomic E-state index is 12.2. The Labute approximate surface area is 104 Å². The van der Waals surface area contributed by atoms with Crippen LogP contribution in [0.25, 0.3) is 0 Å². The number of pyridine rings is 1. The molecule has 17 heavy (non-hydrogen) atoms. The summed E-state index contributed by atoms with van der Waals surface area (Å²) in [6.45, 7) is 5.63. The Hall–Kier alpha value is -1.23. The van der Waals surface area contributed by atoms with Crippen molar-refractivity contribution in [2.45, 2.75) is 24.3 Å². The van der Waals surface area contributed by atoms with Crippen LogP contribution in [0.4, 0.5) is 0 Å². The zero-order chi connectivity index (χ0) is 12.4. The fraction of sp³-hybridized carbons (Fsp3) is 0.500. The van der Waals surface area contributed by atoms with Crippen molar-refractivity contribution in [2.24, 2.45) is 0 Å². The third-order valence-corrected chi connectivity index (χ3v) is 3.99. The molecule has 1 amide bonds. The lowest BCUT2D eigenvalue weighted by molar-refractivity contribution is 0.0751. The highest BCUT2D eigenvalue weighted by Gasteiger charge is 2.27. The molecule has 1 fully saturated rings. The average Bonchev–Trinajstić information content (AvgIpc) is 2.27. The second kappa shape index (κ2) is 4.96. The summed E-state index contributed by atoms with van der Waals surface area (Å²) in [6, 6.07) is 1.39. The third-order valence-electron chi connectivity index (χ3n) is 2.76. The standard InChI is InChI=1S/C12H16N2O2S/c1-8-6-14(7-9(2)17-8)12(16)10-5-13-4-3-11(10)15/h3-5,8-9H,6-7H2,1-2H3,(H,13,15). The highest BCUT2D eigenvalue weighted by molar-refractivity contribution is 8.00. The minimum absolute atomic E-state index is 0.161. The van der Waals surface area contributed by atoms with Crippen LogP contribution in [-0.4, -0.2) is 39.4 Å². The van der Waals surface area contributed by atoms with Gasteiger partial charge in [0.1, 0.15) is 5.56 Å². The molecule has 2 atom stereocenters. The molecule has 2 heterocycles. The number of hydrogen-bond donors (Lipinski definition) is 1. The first-order valence-corrected chi connectivity index (χ1v) is 6.64. The van der Waals surface area contributed by atoms with E-state index in [1.807, 2.05) is 11.8 Å². The van der Waals surface area contributed by atoms with Gasteiger partial charge < -0.3 is 9.88 Å². The van der Waals surface area contributed by atoms with E-state index < -0.39 is 0 Å². The zero-order valence-corrected chi connectivity index (χ0v) is 10.8. The molecule has 5 heteroatoms. The Balaban J connectivity index is 2.20. The van der Waals surface area contributed by atoms with E-state index in [2.05, 4.69) is 18.8 Å². The first kappa shape index (κ1) is 12.2. The van der Waals surface area contributed by atoms with Gasteiger partial charge in [0.2, 0.25) is 0 Å². The van der Waals surface area contributed by atoms with Crippen molar-refractivity contribution in [3.8, 4) is 0 Å². The Morgan fingerprint density at radius 2 is 2.06 bits per heavy atom. The molecule has 0 radical (unpaired) electrons. The van der Waals surface area contributed by atoms with E-state index >= 15 is 0 Å². The van der Waals surface area contributed by atoms with Gasteiger partial charge in [0.15, 0.2) is 5.43 Å². The van der Waals surface area contributed by atoms with Crippen molar-refractivity contribution in [1.29, 1.82) is 0 Å². The molecule has 1 saturated heterocycles.